The molecule has 1 aromatic rings. The third-order valence-corrected chi connectivity index (χ3v) is 2.69. The summed E-state index contributed by atoms with van der Waals surface area (Å²) in [7, 11) is 2.85. The van der Waals surface area contributed by atoms with E-state index in [0.717, 1.165) is 0 Å². The first kappa shape index (κ1) is 13.4. The predicted octanol–water partition coefficient (Wildman–Crippen LogP) is 2.08. The number of carboxylic acids is 1. The van der Waals surface area contributed by atoms with Crippen LogP contribution in [0.2, 0.25) is 5.02 Å². The molecule has 0 unspecified atom stereocenters. The number of halogens is 1. The number of aliphatic carboxylic acids is 1. The van der Waals surface area contributed by atoms with Gasteiger partial charge in [0, 0.05) is 18.1 Å². The summed E-state index contributed by atoms with van der Waals surface area (Å²) in [6.07, 6.45) is 0.0464. The summed E-state index contributed by atoms with van der Waals surface area (Å²) in [6.45, 7) is 0. The van der Waals surface area contributed by atoms with Gasteiger partial charge >= 0.3 is 5.97 Å². The monoisotopic (exact) mass is 260 g/mol. The maximum absolute atomic E-state index is 10.5. The molecule has 0 aliphatic carbocycles. The third-order valence-electron chi connectivity index (χ3n) is 2.27. The van der Waals surface area contributed by atoms with E-state index in [1.807, 2.05) is 0 Å². The number of carbonyl (C=O) groups is 1. The molecule has 0 saturated heterocycles. The second kappa shape index (κ2) is 5.63. The number of hydrogen-bond acceptors (Lipinski definition) is 4. The zero-order chi connectivity index (χ0) is 13.0. The van der Waals surface area contributed by atoms with Crippen LogP contribution < -0.4 is 9.47 Å². The van der Waals surface area contributed by atoms with Gasteiger partial charge in [-0.3, -0.25) is 4.79 Å². The van der Waals surface area contributed by atoms with E-state index in [2.05, 4.69) is 0 Å². The van der Waals surface area contributed by atoms with E-state index in [9.17, 15) is 9.90 Å². The Kier molecular flexibility index (Phi) is 4.45. The van der Waals surface area contributed by atoms with Crippen molar-refractivity contribution in [3.8, 4) is 17.2 Å². The molecule has 0 bridgehead atoms. The van der Waals surface area contributed by atoms with Gasteiger partial charge in [0.15, 0.2) is 11.5 Å². The first-order valence-corrected chi connectivity index (χ1v) is 5.23. The van der Waals surface area contributed by atoms with Crippen LogP contribution in [0.1, 0.15) is 12.0 Å². The Morgan fingerprint density at radius 1 is 1.41 bits per heavy atom. The first-order valence-electron chi connectivity index (χ1n) is 4.85. The summed E-state index contributed by atoms with van der Waals surface area (Å²) in [4.78, 5) is 10.5. The lowest BCUT2D eigenvalue weighted by Gasteiger charge is -2.14. The van der Waals surface area contributed by atoms with E-state index in [-0.39, 0.29) is 23.6 Å². The fourth-order valence-electron chi connectivity index (χ4n) is 1.49. The van der Waals surface area contributed by atoms with Crippen molar-refractivity contribution in [2.75, 3.05) is 14.2 Å². The van der Waals surface area contributed by atoms with Crippen LogP contribution in [0.3, 0.4) is 0 Å². The second-order valence-electron chi connectivity index (χ2n) is 3.32. The highest BCUT2D eigenvalue weighted by molar-refractivity contribution is 6.33. The molecule has 2 N–H and O–H groups in total. The minimum Gasteiger partial charge on any atom is -0.506 e. The molecule has 1 aromatic carbocycles. The van der Waals surface area contributed by atoms with Gasteiger partial charge in [0.25, 0.3) is 0 Å². The largest absolute Gasteiger partial charge is 0.506 e. The van der Waals surface area contributed by atoms with Gasteiger partial charge in [0.1, 0.15) is 5.75 Å². The van der Waals surface area contributed by atoms with Crippen LogP contribution in [0.25, 0.3) is 0 Å². The normalized spacial score (nSPS) is 10.1. The number of aromatic hydroxyl groups is 1. The molecule has 0 heterocycles. The van der Waals surface area contributed by atoms with Crippen LogP contribution in [0.5, 0.6) is 17.2 Å². The Morgan fingerprint density at radius 3 is 2.53 bits per heavy atom. The van der Waals surface area contributed by atoms with Crippen molar-refractivity contribution in [2.45, 2.75) is 12.8 Å². The molecule has 6 heteroatoms. The molecule has 0 aliphatic rings. The molecule has 0 aromatic heterocycles. The summed E-state index contributed by atoms with van der Waals surface area (Å²) in [5.41, 5.74) is 0.424. The molecule has 0 aliphatic heterocycles. The lowest BCUT2D eigenvalue weighted by molar-refractivity contribution is -0.136. The van der Waals surface area contributed by atoms with E-state index < -0.39 is 5.97 Å². The van der Waals surface area contributed by atoms with E-state index in [0.29, 0.717) is 17.1 Å². The highest BCUT2D eigenvalue weighted by Crippen LogP contribution is 2.42. The molecule has 0 atom stereocenters. The van der Waals surface area contributed by atoms with Crippen molar-refractivity contribution >= 4 is 17.6 Å². The van der Waals surface area contributed by atoms with Crippen LogP contribution in [0, 0.1) is 0 Å². The minimum atomic E-state index is -0.953. The van der Waals surface area contributed by atoms with Crippen molar-refractivity contribution < 1.29 is 24.5 Å². The summed E-state index contributed by atoms with van der Waals surface area (Å²) in [6, 6.07) is 1.32. The molecular formula is C11H13ClO5. The van der Waals surface area contributed by atoms with Crippen LogP contribution >= 0.6 is 11.6 Å². The number of rotatable bonds is 5. The highest BCUT2D eigenvalue weighted by Gasteiger charge is 2.18. The van der Waals surface area contributed by atoms with Crippen molar-refractivity contribution in [1.82, 2.24) is 0 Å². The zero-order valence-electron chi connectivity index (χ0n) is 9.49. The molecule has 17 heavy (non-hydrogen) atoms. The second-order valence-corrected chi connectivity index (χ2v) is 3.70. The van der Waals surface area contributed by atoms with Gasteiger partial charge in [0.05, 0.1) is 19.2 Å². The Labute approximate surface area is 104 Å². The minimum absolute atomic E-state index is 0.0869. The molecule has 0 saturated carbocycles. The van der Waals surface area contributed by atoms with Crippen LogP contribution in [0.15, 0.2) is 6.07 Å². The maximum atomic E-state index is 10.5. The van der Waals surface area contributed by atoms with Crippen LogP contribution in [-0.2, 0) is 11.2 Å². The number of ether oxygens (including phenoxy) is 2. The first-order chi connectivity index (χ1) is 8.01. The van der Waals surface area contributed by atoms with Crippen molar-refractivity contribution in [3.63, 3.8) is 0 Å². The number of benzene rings is 1. The quantitative estimate of drug-likeness (QED) is 0.848. The van der Waals surface area contributed by atoms with Crippen molar-refractivity contribution in [1.29, 1.82) is 0 Å². The Balaban J connectivity index is 3.22. The Hall–Kier alpha value is -1.62. The molecule has 5 nitrogen and oxygen atoms in total. The van der Waals surface area contributed by atoms with Gasteiger partial charge in [-0.05, 0) is 6.42 Å². The van der Waals surface area contributed by atoms with Crippen LogP contribution in [0.4, 0.5) is 0 Å². The lowest BCUT2D eigenvalue weighted by atomic mass is 10.1. The SMILES string of the molecule is COc1cc(O)c(Cl)c(CCC(=O)O)c1OC. The summed E-state index contributed by atoms with van der Waals surface area (Å²) in [5, 5.41) is 18.3. The van der Waals surface area contributed by atoms with Gasteiger partial charge in [-0.25, -0.2) is 0 Å². The van der Waals surface area contributed by atoms with Gasteiger partial charge in [-0.15, -0.1) is 0 Å². The smallest absolute Gasteiger partial charge is 0.303 e. The number of methoxy groups -OCH3 is 2. The maximum Gasteiger partial charge on any atom is 0.303 e. The van der Waals surface area contributed by atoms with E-state index in [1.54, 1.807) is 0 Å². The van der Waals surface area contributed by atoms with Gasteiger partial charge in [-0.1, -0.05) is 11.6 Å². The van der Waals surface area contributed by atoms with Gasteiger partial charge in [-0.2, -0.15) is 0 Å². The molecule has 0 amide bonds. The average Bonchev–Trinajstić information content (AvgIpc) is 2.29. The van der Waals surface area contributed by atoms with Gasteiger partial charge in [0.2, 0.25) is 0 Å². The molecule has 94 valence electrons. The molecule has 0 fully saturated rings. The standard InChI is InChI=1S/C11H13ClO5/c1-16-8-5-7(13)10(12)6(11(8)17-2)3-4-9(14)15/h5,13H,3-4H2,1-2H3,(H,14,15). The number of carboxylic acid groups (broad SMARTS) is 1. The molecule has 1 rings (SSSR count). The fraction of sp³-hybridized carbons (Fsp3) is 0.364. The summed E-state index contributed by atoms with van der Waals surface area (Å²) < 4.78 is 10.2. The summed E-state index contributed by atoms with van der Waals surface area (Å²) in [5.74, 6) is -0.457. The highest BCUT2D eigenvalue weighted by atomic mass is 35.5. The molecular weight excluding hydrogens is 248 g/mol. The van der Waals surface area contributed by atoms with Crippen molar-refractivity contribution in [2.24, 2.45) is 0 Å². The lowest BCUT2D eigenvalue weighted by Crippen LogP contribution is -2.02. The fourth-order valence-corrected chi connectivity index (χ4v) is 1.72. The van der Waals surface area contributed by atoms with E-state index in [1.165, 1.54) is 20.3 Å². The van der Waals surface area contributed by atoms with E-state index in [4.69, 9.17) is 26.2 Å². The Bertz CT molecular complexity index is 430. The molecule has 0 spiro atoms. The number of hydrogen-bond donors (Lipinski definition) is 2. The zero-order valence-corrected chi connectivity index (χ0v) is 10.2. The summed E-state index contributed by atoms with van der Waals surface area (Å²) >= 11 is 5.91. The third kappa shape index (κ3) is 2.94. The van der Waals surface area contributed by atoms with Crippen molar-refractivity contribution in [3.05, 3.63) is 16.7 Å². The molecule has 0 radical (unpaired) electrons. The van der Waals surface area contributed by atoms with E-state index >= 15 is 0 Å². The van der Waals surface area contributed by atoms with Crippen LogP contribution in [-0.4, -0.2) is 30.4 Å². The average molecular weight is 261 g/mol. The predicted molar refractivity (Wildman–Crippen MR) is 62.2 cm³/mol. The number of phenols is 1. The van der Waals surface area contributed by atoms with Gasteiger partial charge < -0.3 is 19.7 Å². The topological polar surface area (TPSA) is 76.0 Å². The Morgan fingerprint density at radius 2 is 2.06 bits per heavy atom. The number of phenolic OH excluding ortho intramolecular Hbond substituents is 1.